The summed E-state index contributed by atoms with van der Waals surface area (Å²) in [6.45, 7) is 16.1. The van der Waals surface area contributed by atoms with E-state index in [0.717, 1.165) is 21.8 Å². The van der Waals surface area contributed by atoms with Gasteiger partial charge in [0.05, 0.1) is 0 Å². The van der Waals surface area contributed by atoms with Gasteiger partial charge in [0.1, 0.15) is 0 Å². The molecule has 81 heavy (non-hydrogen) atoms. The summed E-state index contributed by atoms with van der Waals surface area (Å²) in [5, 5.41) is 5.15. The first kappa shape index (κ1) is 53.2. The molecular weight excluding hydrogens is 1110 g/mol. The molecule has 13 rings (SSSR count). The molecule has 0 radical (unpaired) electrons. The second-order valence-electron chi connectivity index (χ2n) is 25.1. The van der Waals surface area contributed by atoms with Crippen molar-refractivity contribution < 1.29 is 0 Å². The van der Waals surface area contributed by atoms with Crippen molar-refractivity contribution in [2.24, 2.45) is 0 Å². The normalized spacial score (nSPS) is 13.2. The molecule has 0 N–H and O–H groups in total. The first-order valence-electron chi connectivity index (χ1n) is 29.5. The van der Waals surface area contributed by atoms with Gasteiger partial charge in [0.25, 0.3) is 0 Å². The van der Waals surface area contributed by atoms with Gasteiger partial charge < -0.3 is 0 Å². The topological polar surface area (TPSA) is 0 Å². The lowest BCUT2D eigenvalue weighted by Gasteiger charge is -2.34. The maximum absolute atomic E-state index is 3.99. The summed E-state index contributed by atoms with van der Waals surface area (Å²) in [4.78, 5) is 0. The number of rotatable bonds is 13. The third-order valence-electron chi connectivity index (χ3n) is 18.0. The zero-order valence-corrected chi connectivity index (χ0v) is 51.1. The van der Waals surface area contributed by atoms with Gasteiger partial charge in [-0.15, -0.1) is 0 Å². The van der Waals surface area contributed by atoms with E-state index in [9.17, 15) is 0 Å². The average molecular weight is 1180 g/mol. The van der Waals surface area contributed by atoms with Crippen molar-refractivity contribution in [3.8, 4) is 89.0 Å². The van der Waals surface area contributed by atoms with Gasteiger partial charge in [-0.2, -0.15) is 0 Å². The van der Waals surface area contributed by atoms with Crippen LogP contribution in [0, 0.1) is 0 Å². The van der Waals surface area contributed by atoms with Crippen LogP contribution in [-0.4, -0.2) is 0 Å². The van der Waals surface area contributed by atoms with E-state index in [1.54, 1.807) is 0 Å². The number of halogens is 2. The van der Waals surface area contributed by atoms with E-state index in [1.807, 2.05) is 0 Å². The third-order valence-corrected chi connectivity index (χ3v) is 19.0. The van der Waals surface area contributed by atoms with Gasteiger partial charge in [0.2, 0.25) is 0 Å². The summed E-state index contributed by atoms with van der Waals surface area (Å²) in [6, 6.07) is 82.0. The largest absolute Gasteiger partial charge is 0.0654 e. The fourth-order valence-corrected chi connectivity index (χ4v) is 14.6. The van der Waals surface area contributed by atoms with Crippen LogP contribution in [0.2, 0.25) is 0 Å². The van der Waals surface area contributed by atoms with Gasteiger partial charge in [-0.3, -0.25) is 0 Å². The number of unbranched alkanes of at least 4 members (excludes halogenated alkanes) is 5. The van der Waals surface area contributed by atoms with E-state index in [4.69, 9.17) is 0 Å². The predicted molar refractivity (Wildman–Crippen MR) is 356 cm³/mol. The molecule has 11 aromatic carbocycles. The monoisotopic (exact) mass is 1180 g/mol. The molecule has 400 valence electrons. The molecule has 0 aliphatic heterocycles. The second-order valence-corrected chi connectivity index (χ2v) is 27.0. The van der Waals surface area contributed by atoms with Crippen molar-refractivity contribution in [1.29, 1.82) is 0 Å². The fourth-order valence-electron chi connectivity index (χ4n) is 13.9. The van der Waals surface area contributed by atoms with Gasteiger partial charge in [-0.05, 0) is 204 Å². The Labute approximate surface area is 497 Å². The van der Waals surface area contributed by atoms with Crippen molar-refractivity contribution in [2.75, 3.05) is 0 Å². The summed E-state index contributed by atoms with van der Waals surface area (Å²) >= 11 is 7.99. The summed E-state index contributed by atoms with van der Waals surface area (Å²) in [7, 11) is 0. The molecule has 0 fully saturated rings. The fraction of sp³-hybridized carbons (Fsp3) is 0.215. The number of benzene rings is 11. The molecular formula is C79H70Br2. The van der Waals surface area contributed by atoms with Gasteiger partial charge >= 0.3 is 0 Å². The Kier molecular flexibility index (Phi) is 13.8. The van der Waals surface area contributed by atoms with Crippen molar-refractivity contribution in [3.05, 3.63) is 249 Å². The molecule has 0 saturated carbocycles. The van der Waals surface area contributed by atoms with Gasteiger partial charge in [-0.25, -0.2) is 0 Å². The molecule has 0 amide bonds. The van der Waals surface area contributed by atoms with E-state index >= 15 is 0 Å². The van der Waals surface area contributed by atoms with Crippen molar-refractivity contribution in [3.63, 3.8) is 0 Å². The molecule has 0 atom stereocenters. The van der Waals surface area contributed by atoms with Crippen LogP contribution in [0.15, 0.2) is 221 Å². The zero-order valence-electron chi connectivity index (χ0n) is 47.9. The standard InChI is InChI=1S/C79H70Br2/c1-8-9-10-11-12-19-43-79(70-48-60(80)36-39-63(70)64-40-37-61(81)49-71(64)79)59-35-38-66-69(47-59)73(53-23-17-14-18-24-53)76-68-42-41-62(65-25-20-26-67(74(65)68)75(76)72(66)52-21-15-13-16-22-52)56-45-54(50-27-31-57(32-28-50)77(2,3)4)44-55(46-56)51-29-33-58(34-30-51)78(5,6)7/h13-18,20-42,44-49H,8-12,19,43H2,1-7H3. The summed E-state index contributed by atoms with van der Waals surface area (Å²) < 4.78 is 2.24. The van der Waals surface area contributed by atoms with Crippen LogP contribution in [0.25, 0.3) is 111 Å². The first-order valence-corrected chi connectivity index (χ1v) is 31.1. The molecule has 0 heterocycles. The second kappa shape index (κ2) is 21.0. The lowest BCUT2D eigenvalue weighted by molar-refractivity contribution is 0.506. The quantitative estimate of drug-likeness (QED) is 0.101. The molecule has 2 heteroatoms. The van der Waals surface area contributed by atoms with Crippen LogP contribution >= 0.6 is 31.9 Å². The lowest BCUT2D eigenvalue weighted by atomic mass is 9.68. The minimum Gasteiger partial charge on any atom is -0.0654 e. The number of fused-ring (bicyclic) bond motifs is 7. The summed E-state index contributed by atoms with van der Waals surface area (Å²) in [5.74, 6) is 0. The van der Waals surface area contributed by atoms with E-state index in [-0.39, 0.29) is 16.2 Å². The number of hydrogen-bond donors (Lipinski definition) is 0. The Morgan fingerprint density at radius 2 is 0.815 bits per heavy atom. The summed E-state index contributed by atoms with van der Waals surface area (Å²) in [6.07, 6.45) is 8.48. The first-order chi connectivity index (χ1) is 39.2. The van der Waals surface area contributed by atoms with Crippen LogP contribution < -0.4 is 0 Å². The SMILES string of the molecule is CCCCCCCCC1(c2ccc3c(-c4ccccc4)c4c(c(-c5ccccc5)c3c2)-c2ccc(-c3cc(-c5ccc(C(C)(C)C)cc5)cc(-c5ccc(C(C)(C)C)cc5)c3)c3cccc-4c23)c2cc(Br)ccc2-c2ccc(Br)cc21. The van der Waals surface area contributed by atoms with E-state index < -0.39 is 0 Å². The molecule has 0 bridgehead atoms. The van der Waals surface area contributed by atoms with Gasteiger partial charge in [0, 0.05) is 14.4 Å². The van der Waals surface area contributed by atoms with Gasteiger partial charge in [0.15, 0.2) is 0 Å². The molecule has 0 spiro atoms. The summed E-state index contributed by atoms with van der Waals surface area (Å²) in [5.41, 5.74) is 26.9. The van der Waals surface area contributed by atoms with Crippen molar-refractivity contribution in [1.82, 2.24) is 0 Å². The van der Waals surface area contributed by atoms with Crippen molar-refractivity contribution in [2.45, 2.75) is 110 Å². The van der Waals surface area contributed by atoms with Crippen molar-refractivity contribution >= 4 is 53.4 Å². The minimum atomic E-state index is -0.369. The molecule has 0 aromatic heterocycles. The smallest absolute Gasteiger partial charge is 0.0464 e. The highest BCUT2D eigenvalue weighted by molar-refractivity contribution is 9.10. The Morgan fingerprint density at radius 1 is 0.333 bits per heavy atom. The molecule has 0 unspecified atom stereocenters. The van der Waals surface area contributed by atoms with Gasteiger partial charge in [-0.1, -0.05) is 283 Å². The van der Waals surface area contributed by atoms with Crippen LogP contribution in [0.4, 0.5) is 0 Å². The van der Waals surface area contributed by atoms with Crippen LogP contribution in [0.1, 0.15) is 121 Å². The lowest BCUT2D eigenvalue weighted by Crippen LogP contribution is -2.27. The number of hydrogen-bond acceptors (Lipinski definition) is 0. The maximum Gasteiger partial charge on any atom is 0.0464 e. The Hall–Kier alpha value is -7.10. The molecule has 2 aliphatic carbocycles. The van der Waals surface area contributed by atoms with E-state index in [1.165, 1.54) is 170 Å². The predicted octanol–water partition coefficient (Wildman–Crippen LogP) is 24.2. The van der Waals surface area contributed by atoms with Crippen LogP contribution in [0.3, 0.4) is 0 Å². The van der Waals surface area contributed by atoms with Crippen LogP contribution in [0.5, 0.6) is 0 Å². The highest BCUT2D eigenvalue weighted by Gasteiger charge is 2.45. The molecule has 2 aliphatic rings. The maximum atomic E-state index is 3.99. The Morgan fingerprint density at radius 3 is 1.36 bits per heavy atom. The zero-order chi connectivity index (χ0) is 55.8. The third kappa shape index (κ3) is 9.36. The highest BCUT2D eigenvalue weighted by Crippen LogP contribution is 2.61. The van der Waals surface area contributed by atoms with E-state index in [0.29, 0.717) is 0 Å². The molecule has 0 nitrogen and oxygen atoms in total. The molecule has 0 saturated heterocycles. The van der Waals surface area contributed by atoms with E-state index in [2.05, 4.69) is 293 Å². The Bertz CT molecular complexity index is 4080. The highest BCUT2D eigenvalue weighted by atomic mass is 79.9. The minimum absolute atomic E-state index is 0.0660. The average Bonchev–Trinajstić information content (AvgIpc) is 2.26. The molecule has 11 aromatic rings. The Balaban J connectivity index is 1.07. The van der Waals surface area contributed by atoms with Crippen LogP contribution in [-0.2, 0) is 16.2 Å².